The third-order valence-electron chi connectivity index (χ3n) is 2.78. The first-order valence-electron chi connectivity index (χ1n) is 5.74. The Morgan fingerprint density at radius 2 is 2.22 bits per heavy atom. The topological polar surface area (TPSA) is 24.9 Å². The van der Waals surface area contributed by atoms with Crippen LogP contribution in [0.15, 0.2) is 47.2 Å². The molecule has 1 atom stereocenters. The second kappa shape index (κ2) is 6.07. The summed E-state index contributed by atoms with van der Waals surface area (Å²) in [7, 11) is 0. The molecule has 2 nitrogen and oxygen atoms in total. The van der Waals surface area contributed by atoms with Crippen molar-refractivity contribution < 1.29 is 4.39 Å². The molecule has 1 N–H and O–H groups in total. The molecule has 0 saturated carbocycles. The van der Waals surface area contributed by atoms with Crippen molar-refractivity contribution in [2.24, 2.45) is 0 Å². The number of aromatic nitrogens is 1. The van der Waals surface area contributed by atoms with Crippen LogP contribution in [-0.4, -0.2) is 4.98 Å². The summed E-state index contributed by atoms with van der Waals surface area (Å²) >= 11 is 3.19. The van der Waals surface area contributed by atoms with Crippen LogP contribution in [0, 0.1) is 5.82 Å². The van der Waals surface area contributed by atoms with Crippen LogP contribution in [0.5, 0.6) is 0 Å². The molecule has 1 aromatic heterocycles. The molecular weight excluding hydrogens is 295 g/mol. The molecule has 18 heavy (non-hydrogen) atoms. The van der Waals surface area contributed by atoms with Gasteiger partial charge in [-0.3, -0.25) is 4.98 Å². The maximum absolute atomic E-state index is 13.1. The fourth-order valence-corrected chi connectivity index (χ4v) is 2.10. The second-order valence-corrected chi connectivity index (χ2v) is 4.99. The minimum Gasteiger partial charge on any atom is -0.306 e. The molecule has 1 heterocycles. The monoisotopic (exact) mass is 308 g/mol. The molecule has 0 amide bonds. The van der Waals surface area contributed by atoms with Crippen molar-refractivity contribution in [2.45, 2.75) is 19.5 Å². The van der Waals surface area contributed by atoms with Gasteiger partial charge in [-0.05, 0) is 52.2 Å². The molecule has 0 radical (unpaired) electrons. The van der Waals surface area contributed by atoms with E-state index in [0.717, 1.165) is 11.1 Å². The van der Waals surface area contributed by atoms with Gasteiger partial charge in [0.1, 0.15) is 5.82 Å². The quantitative estimate of drug-likeness (QED) is 0.928. The molecule has 4 heteroatoms. The summed E-state index contributed by atoms with van der Waals surface area (Å²) in [6, 6.07) is 9.20. The van der Waals surface area contributed by atoms with E-state index < -0.39 is 0 Å². The Labute approximate surface area is 114 Å². The number of hydrogen-bond acceptors (Lipinski definition) is 2. The molecule has 0 aliphatic heterocycles. The zero-order valence-corrected chi connectivity index (χ0v) is 11.6. The molecule has 0 aliphatic rings. The highest BCUT2D eigenvalue weighted by atomic mass is 79.9. The van der Waals surface area contributed by atoms with Crippen LogP contribution in [0.2, 0.25) is 0 Å². The third-order valence-corrected chi connectivity index (χ3v) is 3.39. The van der Waals surface area contributed by atoms with Gasteiger partial charge in [0, 0.05) is 25.0 Å². The minimum absolute atomic E-state index is 0.211. The van der Waals surface area contributed by atoms with E-state index in [-0.39, 0.29) is 11.9 Å². The molecule has 0 spiro atoms. The van der Waals surface area contributed by atoms with Gasteiger partial charge >= 0.3 is 0 Å². The van der Waals surface area contributed by atoms with Crippen molar-refractivity contribution in [3.8, 4) is 0 Å². The smallest absolute Gasteiger partial charge is 0.137 e. The van der Waals surface area contributed by atoms with Crippen molar-refractivity contribution >= 4 is 15.9 Å². The van der Waals surface area contributed by atoms with Crippen LogP contribution in [-0.2, 0) is 6.54 Å². The highest BCUT2D eigenvalue weighted by Gasteiger charge is 2.05. The van der Waals surface area contributed by atoms with E-state index in [2.05, 4.69) is 33.2 Å². The first kappa shape index (κ1) is 13.2. The summed E-state index contributed by atoms with van der Waals surface area (Å²) in [5.41, 5.74) is 2.18. The molecule has 94 valence electrons. The van der Waals surface area contributed by atoms with Gasteiger partial charge in [0.25, 0.3) is 0 Å². The van der Waals surface area contributed by atoms with Crippen LogP contribution in [0.25, 0.3) is 0 Å². The van der Waals surface area contributed by atoms with Crippen molar-refractivity contribution in [3.63, 3.8) is 0 Å². The third kappa shape index (κ3) is 3.37. The Balaban J connectivity index is 1.97. The van der Waals surface area contributed by atoms with Gasteiger partial charge in [-0.15, -0.1) is 0 Å². The molecule has 0 fully saturated rings. The fourth-order valence-electron chi connectivity index (χ4n) is 1.67. The number of benzene rings is 1. The zero-order chi connectivity index (χ0) is 13.0. The van der Waals surface area contributed by atoms with Gasteiger partial charge in [-0.25, -0.2) is 4.39 Å². The predicted octanol–water partition coefficient (Wildman–Crippen LogP) is 3.83. The lowest BCUT2D eigenvalue weighted by atomic mass is 10.1. The number of hydrogen-bond donors (Lipinski definition) is 1. The van der Waals surface area contributed by atoms with E-state index in [9.17, 15) is 4.39 Å². The van der Waals surface area contributed by atoms with E-state index >= 15 is 0 Å². The van der Waals surface area contributed by atoms with Crippen LogP contribution < -0.4 is 5.32 Å². The number of nitrogens with one attached hydrogen (secondary N) is 1. The van der Waals surface area contributed by atoms with Gasteiger partial charge in [-0.1, -0.05) is 12.1 Å². The number of halogens is 2. The van der Waals surface area contributed by atoms with Crippen LogP contribution in [0.4, 0.5) is 4.39 Å². The van der Waals surface area contributed by atoms with Gasteiger partial charge in [0.15, 0.2) is 0 Å². The van der Waals surface area contributed by atoms with E-state index in [1.807, 2.05) is 18.3 Å². The standard InChI is InChI=1S/C14H14BrFN2/c1-10(12-3-2-6-17-9-12)18-8-11-4-5-14(16)13(15)7-11/h2-7,9-10,18H,8H2,1H3/t10-/m1/s1. The highest BCUT2D eigenvalue weighted by Crippen LogP contribution is 2.17. The summed E-state index contributed by atoms with van der Waals surface area (Å²) in [5.74, 6) is -0.237. The molecule has 0 unspecified atom stereocenters. The Bertz CT molecular complexity index is 516. The van der Waals surface area contributed by atoms with E-state index in [1.54, 1.807) is 18.3 Å². The Morgan fingerprint density at radius 3 is 2.89 bits per heavy atom. The molecular formula is C14H14BrFN2. The van der Waals surface area contributed by atoms with Crippen molar-refractivity contribution in [1.29, 1.82) is 0 Å². The SMILES string of the molecule is C[C@@H](NCc1ccc(F)c(Br)c1)c1cccnc1. The van der Waals surface area contributed by atoms with Crippen LogP contribution in [0.3, 0.4) is 0 Å². The van der Waals surface area contributed by atoms with E-state index in [0.29, 0.717) is 11.0 Å². The molecule has 0 bridgehead atoms. The Hall–Kier alpha value is -1.26. The fraction of sp³-hybridized carbons (Fsp3) is 0.214. The Morgan fingerprint density at radius 1 is 1.39 bits per heavy atom. The summed E-state index contributed by atoms with van der Waals surface area (Å²) in [5, 5.41) is 3.38. The normalized spacial score (nSPS) is 12.4. The number of pyridine rings is 1. The average molecular weight is 309 g/mol. The molecule has 2 aromatic rings. The summed E-state index contributed by atoms with van der Waals surface area (Å²) in [6.07, 6.45) is 3.60. The van der Waals surface area contributed by atoms with Gasteiger partial charge < -0.3 is 5.32 Å². The van der Waals surface area contributed by atoms with Crippen molar-refractivity contribution in [2.75, 3.05) is 0 Å². The first-order chi connectivity index (χ1) is 8.66. The lowest BCUT2D eigenvalue weighted by Crippen LogP contribution is -2.18. The maximum Gasteiger partial charge on any atom is 0.137 e. The zero-order valence-electron chi connectivity index (χ0n) is 10.0. The van der Waals surface area contributed by atoms with Gasteiger partial charge in [-0.2, -0.15) is 0 Å². The number of rotatable bonds is 4. The summed E-state index contributed by atoms with van der Waals surface area (Å²) in [4.78, 5) is 4.09. The Kier molecular flexibility index (Phi) is 4.44. The molecule has 2 rings (SSSR count). The summed E-state index contributed by atoms with van der Waals surface area (Å²) < 4.78 is 13.6. The molecule has 0 saturated heterocycles. The van der Waals surface area contributed by atoms with Crippen molar-refractivity contribution in [1.82, 2.24) is 10.3 Å². The lowest BCUT2D eigenvalue weighted by molar-refractivity contribution is 0.570. The second-order valence-electron chi connectivity index (χ2n) is 4.14. The highest BCUT2D eigenvalue weighted by molar-refractivity contribution is 9.10. The predicted molar refractivity (Wildman–Crippen MR) is 73.6 cm³/mol. The van der Waals surface area contributed by atoms with E-state index in [1.165, 1.54) is 6.07 Å². The van der Waals surface area contributed by atoms with E-state index in [4.69, 9.17) is 0 Å². The van der Waals surface area contributed by atoms with Gasteiger partial charge in [0.2, 0.25) is 0 Å². The van der Waals surface area contributed by atoms with Crippen molar-refractivity contribution in [3.05, 3.63) is 64.1 Å². The molecule has 1 aromatic carbocycles. The van der Waals surface area contributed by atoms with Crippen LogP contribution >= 0.6 is 15.9 Å². The first-order valence-corrected chi connectivity index (χ1v) is 6.53. The van der Waals surface area contributed by atoms with Gasteiger partial charge in [0.05, 0.1) is 4.47 Å². The minimum atomic E-state index is -0.237. The summed E-state index contributed by atoms with van der Waals surface area (Å²) in [6.45, 7) is 2.77. The van der Waals surface area contributed by atoms with Crippen LogP contribution in [0.1, 0.15) is 24.1 Å². The molecule has 0 aliphatic carbocycles. The number of nitrogens with zero attached hydrogens (tertiary/aromatic N) is 1. The largest absolute Gasteiger partial charge is 0.306 e. The average Bonchev–Trinajstić information content (AvgIpc) is 2.41. The lowest BCUT2D eigenvalue weighted by Gasteiger charge is -2.14. The maximum atomic E-state index is 13.1.